The summed E-state index contributed by atoms with van der Waals surface area (Å²) in [5, 5.41) is 3.61. The zero-order valence-electron chi connectivity index (χ0n) is 12.3. The topological polar surface area (TPSA) is 64.1 Å². The Hall–Kier alpha value is -2.31. The predicted octanol–water partition coefficient (Wildman–Crippen LogP) is 3.32. The molecule has 0 saturated carbocycles. The Balaban J connectivity index is 2.27. The Bertz CT molecular complexity index is 664. The van der Waals surface area contributed by atoms with Crippen molar-refractivity contribution in [3.05, 3.63) is 30.1 Å². The van der Waals surface area contributed by atoms with Crippen LogP contribution >= 0.6 is 0 Å². The number of esters is 1. The Morgan fingerprint density at radius 1 is 1.32 bits per heavy atom. The van der Waals surface area contributed by atoms with Crippen LogP contribution in [0.4, 0.5) is 14.6 Å². The van der Waals surface area contributed by atoms with Crippen LogP contribution in [-0.2, 0) is 9.53 Å². The molecule has 0 amide bonds. The number of nitrogens with zero attached hydrogens (tertiary/aromatic N) is 2. The molecule has 7 heteroatoms. The van der Waals surface area contributed by atoms with Gasteiger partial charge in [-0.05, 0) is 26.0 Å². The van der Waals surface area contributed by atoms with E-state index in [-0.39, 0.29) is 24.2 Å². The number of fused-ring (bicyclic) bond motifs is 1. The molecule has 1 heterocycles. The van der Waals surface area contributed by atoms with E-state index in [1.165, 1.54) is 0 Å². The van der Waals surface area contributed by atoms with Crippen molar-refractivity contribution >= 4 is 22.7 Å². The average molecular weight is 309 g/mol. The van der Waals surface area contributed by atoms with Crippen LogP contribution < -0.4 is 5.32 Å². The number of alkyl halides is 2. The summed E-state index contributed by atoms with van der Waals surface area (Å²) in [4.78, 5) is 19.2. The van der Waals surface area contributed by atoms with E-state index in [9.17, 15) is 13.6 Å². The standard InChI is InChI=1S/C15H17F2N3O2/c1-3-22-12(21)8-9(2)18-14-10-6-4-5-7-11(10)19-15(20-14)13(16)17/h4-7,9,13H,3,8H2,1-2H3,(H,18,19,20). The quantitative estimate of drug-likeness (QED) is 0.829. The first-order valence-corrected chi connectivity index (χ1v) is 6.98. The zero-order chi connectivity index (χ0) is 16.1. The van der Waals surface area contributed by atoms with Crippen LogP contribution in [0.25, 0.3) is 10.9 Å². The highest BCUT2D eigenvalue weighted by Crippen LogP contribution is 2.25. The van der Waals surface area contributed by atoms with Crippen LogP contribution in [0.1, 0.15) is 32.5 Å². The van der Waals surface area contributed by atoms with Crippen molar-refractivity contribution in [2.24, 2.45) is 0 Å². The number of hydrogen-bond acceptors (Lipinski definition) is 5. The lowest BCUT2D eigenvalue weighted by Crippen LogP contribution is -2.22. The number of halogens is 2. The molecule has 5 nitrogen and oxygen atoms in total. The molecule has 0 saturated heterocycles. The number of benzene rings is 1. The van der Waals surface area contributed by atoms with Crippen LogP contribution in [0, 0.1) is 0 Å². The molecule has 1 aromatic heterocycles. The van der Waals surface area contributed by atoms with E-state index in [2.05, 4.69) is 15.3 Å². The number of aromatic nitrogens is 2. The molecule has 2 rings (SSSR count). The lowest BCUT2D eigenvalue weighted by atomic mass is 10.2. The molecule has 0 bridgehead atoms. The van der Waals surface area contributed by atoms with Gasteiger partial charge in [-0.3, -0.25) is 4.79 Å². The van der Waals surface area contributed by atoms with E-state index in [1.54, 1.807) is 38.1 Å². The normalized spacial score (nSPS) is 12.4. The van der Waals surface area contributed by atoms with Crippen molar-refractivity contribution in [3.63, 3.8) is 0 Å². The van der Waals surface area contributed by atoms with Gasteiger partial charge in [0.2, 0.25) is 0 Å². The van der Waals surface area contributed by atoms with E-state index in [1.807, 2.05) is 0 Å². The highest BCUT2D eigenvalue weighted by atomic mass is 19.3. The van der Waals surface area contributed by atoms with Gasteiger partial charge in [-0.2, -0.15) is 0 Å². The molecule has 0 aliphatic heterocycles. The maximum absolute atomic E-state index is 12.9. The third kappa shape index (κ3) is 3.87. The Labute approximate surface area is 126 Å². The number of anilines is 1. The molecule has 22 heavy (non-hydrogen) atoms. The van der Waals surface area contributed by atoms with Crippen LogP contribution in [0.15, 0.2) is 24.3 Å². The molecule has 0 radical (unpaired) electrons. The summed E-state index contributed by atoms with van der Waals surface area (Å²) in [6, 6.07) is 6.57. The first kappa shape index (κ1) is 16.1. The van der Waals surface area contributed by atoms with E-state index < -0.39 is 12.2 Å². The summed E-state index contributed by atoms with van der Waals surface area (Å²) in [5.41, 5.74) is 0.429. The SMILES string of the molecule is CCOC(=O)CC(C)Nc1nc(C(F)F)nc2ccccc12. The molecule has 0 aliphatic rings. The van der Waals surface area contributed by atoms with Gasteiger partial charge in [-0.15, -0.1) is 0 Å². The second kappa shape index (κ2) is 7.11. The third-order valence-corrected chi connectivity index (χ3v) is 2.98. The highest BCUT2D eigenvalue weighted by molar-refractivity contribution is 5.89. The minimum Gasteiger partial charge on any atom is -0.466 e. The number of nitrogens with one attached hydrogen (secondary N) is 1. The Morgan fingerprint density at radius 2 is 2.05 bits per heavy atom. The van der Waals surface area contributed by atoms with E-state index in [0.717, 1.165) is 0 Å². The van der Waals surface area contributed by atoms with E-state index in [4.69, 9.17) is 4.74 Å². The van der Waals surface area contributed by atoms with Gasteiger partial charge in [0, 0.05) is 11.4 Å². The smallest absolute Gasteiger partial charge is 0.307 e. The lowest BCUT2D eigenvalue weighted by molar-refractivity contribution is -0.143. The molecule has 118 valence electrons. The molecule has 1 atom stereocenters. The van der Waals surface area contributed by atoms with Crippen LogP contribution in [0.5, 0.6) is 0 Å². The average Bonchev–Trinajstić information content (AvgIpc) is 2.47. The van der Waals surface area contributed by atoms with Gasteiger partial charge in [-0.1, -0.05) is 12.1 Å². The first-order chi connectivity index (χ1) is 10.5. The van der Waals surface area contributed by atoms with Crippen LogP contribution in [0.2, 0.25) is 0 Å². The summed E-state index contributed by atoms with van der Waals surface area (Å²) >= 11 is 0. The first-order valence-electron chi connectivity index (χ1n) is 6.98. The molecule has 1 aromatic carbocycles. The van der Waals surface area contributed by atoms with E-state index >= 15 is 0 Å². The largest absolute Gasteiger partial charge is 0.466 e. The van der Waals surface area contributed by atoms with Crippen LogP contribution in [-0.4, -0.2) is 28.6 Å². The van der Waals surface area contributed by atoms with Crippen molar-refractivity contribution in [1.29, 1.82) is 0 Å². The fraction of sp³-hybridized carbons (Fsp3) is 0.400. The fourth-order valence-electron chi connectivity index (χ4n) is 2.06. The maximum atomic E-state index is 12.9. The van der Waals surface area contributed by atoms with Gasteiger partial charge in [0.15, 0.2) is 5.82 Å². The minimum absolute atomic E-state index is 0.121. The van der Waals surface area contributed by atoms with Crippen LogP contribution in [0.3, 0.4) is 0 Å². The zero-order valence-corrected chi connectivity index (χ0v) is 12.3. The molecular weight excluding hydrogens is 292 g/mol. The summed E-state index contributed by atoms with van der Waals surface area (Å²) in [7, 11) is 0. The van der Waals surface area contributed by atoms with Gasteiger partial charge in [-0.25, -0.2) is 18.7 Å². The van der Waals surface area contributed by atoms with Crippen molar-refractivity contribution in [3.8, 4) is 0 Å². The number of para-hydroxylation sites is 1. The summed E-state index contributed by atoms with van der Waals surface area (Å²) in [6.45, 7) is 3.79. The predicted molar refractivity (Wildman–Crippen MR) is 78.8 cm³/mol. The highest BCUT2D eigenvalue weighted by Gasteiger charge is 2.17. The van der Waals surface area contributed by atoms with Crippen molar-refractivity contribution in [2.45, 2.75) is 32.7 Å². The fourth-order valence-corrected chi connectivity index (χ4v) is 2.06. The maximum Gasteiger partial charge on any atom is 0.307 e. The lowest BCUT2D eigenvalue weighted by Gasteiger charge is -2.16. The van der Waals surface area contributed by atoms with Gasteiger partial charge in [0.05, 0.1) is 18.5 Å². The Kier molecular flexibility index (Phi) is 5.19. The van der Waals surface area contributed by atoms with Crippen molar-refractivity contribution in [2.75, 3.05) is 11.9 Å². The summed E-state index contributed by atoms with van der Waals surface area (Å²) < 4.78 is 30.7. The number of rotatable bonds is 6. The van der Waals surface area contributed by atoms with Gasteiger partial charge in [0.1, 0.15) is 5.82 Å². The third-order valence-electron chi connectivity index (χ3n) is 2.98. The molecule has 0 aliphatic carbocycles. The molecule has 2 aromatic rings. The molecule has 1 N–H and O–H groups in total. The molecule has 0 spiro atoms. The number of hydrogen-bond donors (Lipinski definition) is 1. The second-order valence-electron chi connectivity index (χ2n) is 4.80. The van der Waals surface area contributed by atoms with Crippen molar-refractivity contribution in [1.82, 2.24) is 9.97 Å². The number of ether oxygens (including phenoxy) is 1. The second-order valence-corrected chi connectivity index (χ2v) is 4.80. The van der Waals surface area contributed by atoms with Gasteiger partial charge >= 0.3 is 5.97 Å². The van der Waals surface area contributed by atoms with E-state index in [0.29, 0.717) is 17.5 Å². The molecular formula is C15H17F2N3O2. The number of carbonyl (C=O) groups excluding carboxylic acids is 1. The molecule has 1 unspecified atom stereocenters. The summed E-state index contributed by atoms with van der Waals surface area (Å²) in [5.74, 6) is -0.600. The van der Waals surface area contributed by atoms with Crippen molar-refractivity contribution < 1.29 is 18.3 Å². The number of carbonyl (C=O) groups is 1. The van der Waals surface area contributed by atoms with Gasteiger partial charge < -0.3 is 10.1 Å². The Morgan fingerprint density at radius 3 is 2.73 bits per heavy atom. The molecule has 0 fully saturated rings. The monoisotopic (exact) mass is 309 g/mol. The summed E-state index contributed by atoms with van der Waals surface area (Å²) in [6.07, 6.45) is -2.64. The minimum atomic E-state index is -2.76. The van der Waals surface area contributed by atoms with Gasteiger partial charge in [0.25, 0.3) is 6.43 Å².